The molecule has 3 unspecified atom stereocenters. The van der Waals surface area contributed by atoms with Crippen LogP contribution in [-0.2, 0) is 4.79 Å². The van der Waals surface area contributed by atoms with Crippen molar-refractivity contribution in [3.8, 4) is 6.07 Å². The molecule has 0 saturated heterocycles. The molecule has 0 spiro atoms. The Bertz CT molecular complexity index is 1250. The van der Waals surface area contributed by atoms with Crippen LogP contribution in [0.25, 0.3) is 11.0 Å². The lowest BCUT2D eigenvalue weighted by atomic mass is 9.84. The van der Waals surface area contributed by atoms with Crippen LogP contribution in [0.4, 0.5) is 5.69 Å². The summed E-state index contributed by atoms with van der Waals surface area (Å²) in [6, 6.07) is 15.4. The van der Waals surface area contributed by atoms with Gasteiger partial charge in [-0.15, -0.1) is 0 Å². The van der Waals surface area contributed by atoms with Gasteiger partial charge in [0.2, 0.25) is 5.91 Å². The zero-order chi connectivity index (χ0) is 20.3. The van der Waals surface area contributed by atoms with Gasteiger partial charge in [-0.2, -0.15) is 10.4 Å². The van der Waals surface area contributed by atoms with E-state index in [1.807, 2.05) is 28.8 Å². The van der Waals surface area contributed by atoms with E-state index in [1.165, 1.54) is 24.1 Å². The fraction of sp³-hybridized carbons (Fsp3) is 0.200. The molecule has 9 heteroatoms. The fourth-order valence-electron chi connectivity index (χ4n) is 4.26. The Labute approximate surface area is 164 Å². The van der Waals surface area contributed by atoms with E-state index in [0.717, 1.165) is 11.0 Å². The normalized spacial score (nSPS) is 22.1. The number of nitrogens with zero attached hydrogens (tertiary/aromatic N) is 6. The van der Waals surface area contributed by atoms with E-state index in [4.69, 9.17) is 0 Å². The van der Waals surface area contributed by atoms with Crippen molar-refractivity contribution < 1.29 is 9.72 Å². The number of nitro groups is 1. The molecule has 29 heavy (non-hydrogen) atoms. The second kappa shape index (κ2) is 5.97. The molecule has 0 saturated carbocycles. The molecule has 9 nitrogen and oxygen atoms in total. The van der Waals surface area contributed by atoms with Crippen molar-refractivity contribution >= 4 is 28.5 Å². The van der Waals surface area contributed by atoms with Crippen LogP contribution in [-0.4, -0.2) is 31.2 Å². The molecule has 2 aliphatic heterocycles. The highest BCUT2D eigenvalue weighted by Crippen LogP contribution is 2.49. The first-order valence-electron chi connectivity index (χ1n) is 9.01. The minimum atomic E-state index is -0.592. The van der Waals surface area contributed by atoms with Crippen molar-refractivity contribution in [3.63, 3.8) is 0 Å². The quantitative estimate of drug-likeness (QED) is 0.496. The van der Waals surface area contributed by atoms with Crippen molar-refractivity contribution in [1.82, 2.24) is 14.6 Å². The summed E-state index contributed by atoms with van der Waals surface area (Å²) in [6.45, 7) is 1.41. The van der Waals surface area contributed by atoms with E-state index < -0.39 is 22.8 Å². The molecule has 1 aromatic heterocycles. The lowest BCUT2D eigenvalue weighted by molar-refractivity contribution is -0.384. The smallest absolute Gasteiger partial charge is 0.269 e. The number of non-ortho nitro benzene ring substituents is 1. The van der Waals surface area contributed by atoms with Gasteiger partial charge in [-0.05, 0) is 17.7 Å². The van der Waals surface area contributed by atoms with Crippen molar-refractivity contribution in [1.29, 1.82) is 5.26 Å². The van der Waals surface area contributed by atoms with Crippen LogP contribution in [0.3, 0.4) is 0 Å². The van der Waals surface area contributed by atoms with Crippen LogP contribution < -0.4 is 0 Å². The summed E-state index contributed by atoms with van der Waals surface area (Å²) in [7, 11) is 0. The van der Waals surface area contributed by atoms with E-state index in [-0.39, 0.29) is 11.6 Å². The maximum atomic E-state index is 12.3. The van der Waals surface area contributed by atoms with Gasteiger partial charge >= 0.3 is 0 Å². The Hall–Kier alpha value is -4.06. The maximum absolute atomic E-state index is 12.3. The van der Waals surface area contributed by atoms with E-state index in [2.05, 4.69) is 16.2 Å². The van der Waals surface area contributed by atoms with Crippen molar-refractivity contribution in [3.05, 3.63) is 70.0 Å². The topological polar surface area (TPSA) is 117 Å². The summed E-state index contributed by atoms with van der Waals surface area (Å²) in [5, 5.41) is 26.9. The van der Waals surface area contributed by atoms with Crippen LogP contribution in [0.2, 0.25) is 0 Å². The Kier molecular flexibility index (Phi) is 3.51. The molecule has 3 aromatic rings. The number of benzene rings is 2. The lowest BCUT2D eigenvalue weighted by Crippen LogP contribution is -2.30. The Morgan fingerprint density at radius 2 is 1.93 bits per heavy atom. The van der Waals surface area contributed by atoms with Gasteiger partial charge < -0.3 is 0 Å². The number of aromatic nitrogens is 2. The van der Waals surface area contributed by atoms with Crippen molar-refractivity contribution in [2.75, 3.05) is 0 Å². The summed E-state index contributed by atoms with van der Waals surface area (Å²) >= 11 is 0. The molecule has 0 radical (unpaired) electrons. The average Bonchev–Trinajstić information content (AvgIpc) is 3.35. The number of para-hydroxylation sites is 2. The molecular weight excluding hydrogens is 372 g/mol. The number of rotatable bonds is 2. The first-order valence-corrected chi connectivity index (χ1v) is 9.01. The summed E-state index contributed by atoms with van der Waals surface area (Å²) in [6.07, 6.45) is 0. The van der Waals surface area contributed by atoms with Crippen LogP contribution in [0.15, 0.2) is 53.6 Å². The minimum Gasteiger partial charge on any atom is -0.281 e. The molecule has 142 valence electrons. The third-order valence-electron chi connectivity index (χ3n) is 5.47. The average molecular weight is 386 g/mol. The summed E-state index contributed by atoms with van der Waals surface area (Å²) in [5.41, 5.74) is 2.24. The number of hydrogen-bond donors (Lipinski definition) is 0. The predicted octanol–water partition coefficient (Wildman–Crippen LogP) is 2.95. The molecular formula is C20H14N6O3. The van der Waals surface area contributed by atoms with Crippen molar-refractivity contribution in [2.24, 2.45) is 11.0 Å². The van der Waals surface area contributed by atoms with Crippen LogP contribution in [0.5, 0.6) is 0 Å². The number of fused-ring (bicyclic) bond motifs is 5. The largest absolute Gasteiger partial charge is 0.281 e. The monoisotopic (exact) mass is 386 g/mol. The summed E-state index contributed by atoms with van der Waals surface area (Å²) in [5.74, 6) is -0.0626. The van der Waals surface area contributed by atoms with Crippen molar-refractivity contribution in [2.45, 2.75) is 18.9 Å². The molecule has 0 aliphatic carbocycles. The number of carbonyl (C=O) groups is 1. The third kappa shape index (κ3) is 2.29. The highest BCUT2D eigenvalue weighted by molar-refractivity contribution is 6.01. The number of nitriles is 1. The number of carbonyl (C=O) groups excluding carboxylic acids is 1. The summed E-state index contributed by atoms with van der Waals surface area (Å²) in [4.78, 5) is 27.5. The second-order valence-electron chi connectivity index (χ2n) is 7.04. The van der Waals surface area contributed by atoms with E-state index >= 15 is 0 Å². The fourth-order valence-corrected chi connectivity index (χ4v) is 4.26. The van der Waals surface area contributed by atoms with Crippen LogP contribution in [0.1, 0.15) is 30.3 Å². The summed E-state index contributed by atoms with van der Waals surface area (Å²) < 4.78 is 1.86. The van der Waals surface area contributed by atoms with Crippen LogP contribution >= 0.6 is 0 Å². The van der Waals surface area contributed by atoms with E-state index in [9.17, 15) is 20.2 Å². The number of hydrazone groups is 1. The van der Waals surface area contributed by atoms with E-state index in [1.54, 1.807) is 12.1 Å². The van der Waals surface area contributed by atoms with Gasteiger partial charge in [-0.3, -0.25) is 19.5 Å². The predicted molar refractivity (Wildman–Crippen MR) is 103 cm³/mol. The van der Waals surface area contributed by atoms with Gasteiger partial charge in [0.15, 0.2) is 0 Å². The molecule has 2 aliphatic rings. The molecule has 0 bridgehead atoms. The van der Waals surface area contributed by atoms with Gasteiger partial charge in [-0.1, -0.05) is 24.3 Å². The molecule has 3 atom stereocenters. The lowest BCUT2D eigenvalue weighted by Gasteiger charge is -2.25. The Balaban J connectivity index is 1.68. The molecule has 0 fully saturated rings. The minimum absolute atomic E-state index is 0.0376. The number of hydrogen-bond acceptors (Lipinski definition) is 6. The zero-order valence-electron chi connectivity index (χ0n) is 15.3. The maximum Gasteiger partial charge on any atom is 0.269 e. The first kappa shape index (κ1) is 17.1. The van der Waals surface area contributed by atoms with Gasteiger partial charge in [0.05, 0.1) is 34.0 Å². The number of imidazole rings is 1. The Morgan fingerprint density at radius 3 is 2.59 bits per heavy atom. The Morgan fingerprint density at radius 1 is 1.21 bits per heavy atom. The standard InChI is InChI=1S/C20H14N6O3/c1-11(27)25-18(12-6-8-13(9-7-12)26(28)29)17-14(10-21)19-22-15-4-2-3-5-16(15)24(19)20(17)23-25/h2-9,14,17-18H,1H3. The third-order valence-corrected chi connectivity index (χ3v) is 5.47. The van der Waals surface area contributed by atoms with Crippen LogP contribution in [0, 0.1) is 27.4 Å². The van der Waals surface area contributed by atoms with Gasteiger partial charge in [-0.25, -0.2) is 9.99 Å². The molecule has 5 rings (SSSR count). The zero-order valence-corrected chi connectivity index (χ0v) is 15.3. The molecule has 1 amide bonds. The van der Waals surface area contributed by atoms with E-state index in [0.29, 0.717) is 17.2 Å². The van der Waals surface area contributed by atoms with Gasteiger partial charge in [0, 0.05) is 19.1 Å². The van der Waals surface area contributed by atoms with Gasteiger partial charge in [0.25, 0.3) is 5.69 Å². The SMILES string of the molecule is CC(=O)N1N=C2C(C(C#N)c3nc4ccccc4n32)C1c1ccc([N+](=O)[O-])cc1. The van der Waals surface area contributed by atoms with Gasteiger partial charge in [0.1, 0.15) is 17.6 Å². The molecule has 0 N–H and O–H groups in total. The number of nitro benzene ring substituents is 1. The molecule has 2 aromatic carbocycles. The number of amides is 1. The highest BCUT2D eigenvalue weighted by atomic mass is 16.6. The second-order valence-corrected chi connectivity index (χ2v) is 7.04. The molecule has 3 heterocycles. The highest BCUT2D eigenvalue weighted by Gasteiger charge is 2.52. The first-order chi connectivity index (χ1) is 14.0.